The summed E-state index contributed by atoms with van der Waals surface area (Å²) in [5.74, 6) is 0.127. The van der Waals surface area contributed by atoms with E-state index in [0.29, 0.717) is 16.2 Å². The summed E-state index contributed by atoms with van der Waals surface area (Å²) in [4.78, 5) is 14.7. The molecule has 0 saturated heterocycles. The van der Waals surface area contributed by atoms with Gasteiger partial charge in [0.2, 0.25) is 11.1 Å². The minimum Gasteiger partial charge on any atom is -0.342 e. The van der Waals surface area contributed by atoms with Gasteiger partial charge in [-0.25, -0.2) is 0 Å². The molecule has 1 amide bonds. The molecule has 8 heteroatoms. The van der Waals surface area contributed by atoms with E-state index in [0.717, 1.165) is 18.5 Å². The van der Waals surface area contributed by atoms with Crippen LogP contribution in [0.25, 0.3) is 5.69 Å². The van der Waals surface area contributed by atoms with Gasteiger partial charge in [-0.05, 0) is 54.5 Å². The first kappa shape index (κ1) is 18.2. The van der Waals surface area contributed by atoms with Crippen molar-refractivity contribution in [3.8, 4) is 5.69 Å². The van der Waals surface area contributed by atoms with Gasteiger partial charge in [-0.1, -0.05) is 42.6 Å². The van der Waals surface area contributed by atoms with Crippen LogP contribution in [0.4, 0.5) is 0 Å². The highest BCUT2D eigenvalue weighted by molar-refractivity contribution is 8.00. The number of hydrogen-bond acceptors (Lipinski definition) is 5. The monoisotopic (exact) mass is 379 g/mol. The average molecular weight is 380 g/mol. The van der Waals surface area contributed by atoms with Gasteiger partial charge in [0.15, 0.2) is 0 Å². The molecule has 0 aliphatic heterocycles. The molecular formula is C17H22ClN5OS. The van der Waals surface area contributed by atoms with E-state index in [1.165, 1.54) is 31.0 Å². The average Bonchev–Trinajstić information content (AvgIpc) is 3.10. The number of rotatable bonds is 5. The van der Waals surface area contributed by atoms with E-state index in [4.69, 9.17) is 11.6 Å². The number of tetrazole rings is 1. The standard InChI is InChI=1S/C17H22ClN5OS/c1-12(16(24)22(2)14-6-4-3-5-7-14)25-17-19-20-21-23(17)15-10-8-13(18)9-11-15/h8-12,14H,3-7H2,1-2H3. The molecular weight excluding hydrogens is 358 g/mol. The maximum Gasteiger partial charge on any atom is 0.235 e. The van der Waals surface area contributed by atoms with E-state index in [2.05, 4.69) is 15.5 Å². The molecule has 1 atom stereocenters. The van der Waals surface area contributed by atoms with Crippen LogP contribution in [0.1, 0.15) is 39.0 Å². The molecule has 25 heavy (non-hydrogen) atoms. The third-order valence-corrected chi connectivity index (χ3v) is 5.88. The lowest BCUT2D eigenvalue weighted by Gasteiger charge is -2.32. The lowest BCUT2D eigenvalue weighted by molar-refractivity contribution is -0.131. The van der Waals surface area contributed by atoms with Crippen molar-refractivity contribution in [3.63, 3.8) is 0 Å². The van der Waals surface area contributed by atoms with Crippen molar-refractivity contribution < 1.29 is 4.79 Å². The number of hydrogen-bond donors (Lipinski definition) is 0. The Kier molecular flexibility index (Phi) is 5.96. The Hall–Kier alpha value is -1.60. The maximum absolute atomic E-state index is 12.8. The van der Waals surface area contributed by atoms with Crippen molar-refractivity contribution in [2.75, 3.05) is 7.05 Å². The largest absolute Gasteiger partial charge is 0.342 e. The third-order valence-electron chi connectivity index (χ3n) is 4.61. The fourth-order valence-electron chi connectivity index (χ4n) is 3.14. The number of nitrogens with zero attached hydrogens (tertiary/aromatic N) is 5. The summed E-state index contributed by atoms with van der Waals surface area (Å²) in [5.41, 5.74) is 0.817. The van der Waals surface area contributed by atoms with Crippen LogP contribution in [0.2, 0.25) is 5.02 Å². The zero-order valence-corrected chi connectivity index (χ0v) is 16.0. The van der Waals surface area contributed by atoms with Crippen LogP contribution in [-0.4, -0.2) is 49.4 Å². The zero-order valence-electron chi connectivity index (χ0n) is 14.4. The minimum absolute atomic E-state index is 0.127. The van der Waals surface area contributed by atoms with E-state index in [9.17, 15) is 4.79 Å². The summed E-state index contributed by atoms with van der Waals surface area (Å²) in [7, 11) is 1.91. The van der Waals surface area contributed by atoms with Crippen LogP contribution in [0.5, 0.6) is 0 Å². The van der Waals surface area contributed by atoms with E-state index in [-0.39, 0.29) is 11.2 Å². The summed E-state index contributed by atoms with van der Waals surface area (Å²) in [6.45, 7) is 1.91. The Bertz CT molecular complexity index is 714. The lowest BCUT2D eigenvalue weighted by atomic mass is 9.94. The van der Waals surface area contributed by atoms with Crippen molar-refractivity contribution in [3.05, 3.63) is 29.3 Å². The number of carbonyl (C=O) groups is 1. The highest BCUT2D eigenvalue weighted by Gasteiger charge is 2.27. The topological polar surface area (TPSA) is 63.9 Å². The molecule has 1 aromatic heterocycles. The number of halogens is 1. The highest BCUT2D eigenvalue weighted by Crippen LogP contribution is 2.27. The number of aromatic nitrogens is 4. The van der Waals surface area contributed by atoms with Crippen molar-refractivity contribution in [1.29, 1.82) is 0 Å². The molecule has 1 aliphatic rings. The van der Waals surface area contributed by atoms with Crippen LogP contribution in [0.3, 0.4) is 0 Å². The lowest BCUT2D eigenvalue weighted by Crippen LogP contribution is -2.42. The predicted octanol–water partition coefficient (Wildman–Crippen LogP) is 3.59. The highest BCUT2D eigenvalue weighted by atomic mass is 35.5. The van der Waals surface area contributed by atoms with E-state index >= 15 is 0 Å². The third kappa shape index (κ3) is 4.33. The summed E-state index contributed by atoms with van der Waals surface area (Å²) in [5, 5.41) is 12.9. The molecule has 134 valence electrons. The number of thioether (sulfide) groups is 1. The Morgan fingerprint density at radius 2 is 1.96 bits per heavy atom. The van der Waals surface area contributed by atoms with Gasteiger partial charge in [0.1, 0.15) is 0 Å². The van der Waals surface area contributed by atoms with Crippen LogP contribution in [-0.2, 0) is 4.79 Å². The molecule has 2 aromatic rings. The predicted molar refractivity (Wildman–Crippen MR) is 99.1 cm³/mol. The molecule has 0 bridgehead atoms. The summed E-state index contributed by atoms with van der Waals surface area (Å²) in [6, 6.07) is 7.64. The first-order valence-electron chi connectivity index (χ1n) is 8.54. The fourth-order valence-corrected chi connectivity index (χ4v) is 4.18. The molecule has 3 rings (SSSR count). The second-order valence-corrected chi connectivity index (χ2v) is 8.10. The van der Waals surface area contributed by atoms with Gasteiger partial charge in [0.05, 0.1) is 10.9 Å². The number of carbonyl (C=O) groups excluding carboxylic acids is 1. The van der Waals surface area contributed by atoms with Gasteiger partial charge < -0.3 is 4.90 Å². The van der Waals surface area contributed by atoms with Crippen molar-refractivity contribution >= 4 is 29.3 Å². The van der Waals surface area contributed by atoms with Crippen molar-refractivity contribution in [2.24, 2.45) is 0 Å². The molecule has 6 nitrogen and oxygen atoms in total. The zero-order chi connectivity index (χ0) is 17.8. The van der Waals surface area contributed by atoms with Gasteiger partial charge >= 0.3 is 0 Å². The van der Waals surface area contributed by atoms with E-state index in [1.54, 1.807) is 16.8 Å². The summed E-state index contributed by atoms with van der Waals surface area (Å²) in [6.07, 6.45) is 5.89. The molecule has 0 radical (unpaired) electrons. The Morgan fingerprint density at radius 3 is 2.64 bits per heavy atom. The van der Waals surface area contributed by atoms with Crippen LogP contribution in [0, 0.1) is 0 Å². The Labute approximate surface area is 156 Å². The fraction of sp³-hybridized carbons (Fsp3) is 0.529. The van der Waals surface area contributed by atoms with Crippen LogP contribution < -0.4 is 0 Å². The molecule has 1 aromatic carbocycles. The Morgan fingerprint density at radius 1 is 1.28 bits per heavy atom. The molecule has 1 aliphatic carbocycles. The number of benzene rings is 1. The molecule has 1 fully saturated rings. The molecule has 0 spiro atoms. The smallest absolute Gasteiger partial charge is 0.235 e. The maximum atomic E-state index is 12.8. The van der Waals surface area contributed by atoms with Crippen molar-refractivity contribution in [2.45, 2.75) is 55.5 Å². The normalized spacial score (nSPS) is 16.6. The van der Waals surface area contributed by atoms with Gasteiger partial charge in [0, 0.05) is 18.1 Å². The molecule has 1 saturated carbocycles. The van der Waals surface area contributed by atoms with Gasteiger partial charge in [0.25, 0.3) is 0 Å². The SMILES string of the molecule is CC(Sc1nnnn1-c1ccc(Cl)cc1)C(=O)N(C)C1CCCCC1. The number of amides is 1. The quantitative estimate of drug-likeness (QED) is 0.743. The molecule has 1 heterocycles. The molecule has 0 N–H and O–H groups in total. The van der Waals surface area contributed by atoms with Gasteiger partial charge in [-0.15, -0.1) is 5.10 Å². The second-order valence-electron chi connectivity index (χ2n) is 6.35. The second kappa shape index (κ2) is 8.19. The first-order chi connectivity index (χ1) is 12.1. The Balaban J connectivity index is 1.68. The van der Waals surface area contributed by atoms with Crippen molar-refractivity contribution in [1.82, 2.24) is 25.1 Å². The summed E-state index contributed by atoms with van der Waals surface area (Å²) >= 11 is 7.31. The van der Waals surface area contributed by atoms with Gasteiger partial charge in [-0.2, -0.15) is 4.68 Å². The van der Waals surface area contributed by atoms with Crippen LogP contribution >= 0.6 is 23.4 Å². The molecule has 1 unspecified atom stereocenters. The first-order valence-corrected chi connectivity index (χ1v) is 9.79. The van der Waals surface area contributed by atoms with E-state index in [1.807, 2.05) is 31.0 Å². The minimum atomic E-state index is -0.246. The van der Waals surface area contributed by atoms with Gasteiger partial charge in [-0.3, -0.25) is 4.79 Å². The van der Waals surface area contributed by atoms with E-state index < -0.39 is 0 Å². The summed E-state index contributed by atoms with van der Waals surface area (Å²) < 4.78 is 1.63. The van der Waals surface area contributed by atoms with Crippen LogP contribution in [0.15, 0.2) is 29.4 Å².